The summed E-state index contributed by atoms with van der Waals surface area (Å²) in [5, 5.41) is 0. The van der Waals surface area contributed by atoms with Crippen LogP contribution in [0.4, 0.5) is 5.69 Å². The van der Waals surface area contributed by atoms with E-state index in [1.807, 2.05) is 25.1 Å². The summed E-state index contributed by atoms with van der Waals surface area (Å²) < 4.78 is 0. The summed E-state index contributed by atoms with van der Waals surface area (Å²) in [4.78, 5) is 14.7. The van der Waals surface area contributed by atoms with Crippen molar-refractivity contribution in [3.8, 4) is 0 Å². The average molecular weight is 260 g/mol. The zero-order valence-corrected chi connectivity index (χ0v) is 12.0. The lowest BCUT2D eigenvalue weighted by Gasteiger charge is -2.34. The minimum Gasteiger partial charge on any atom is -0.398 e. The van der Waals surface area contributed by atoms with E-state index >= 15 is 0 Å². The molecule has 3 heteroatoms. The summed E-state index contributed by atoms with van der Waals surface area (Å²) in [6.07, 6.45) is 4.85. The maximum Gasteiger partial charge on any atom is 0.176 e. The van der Waals surface area contributed by atoms with Gasteiger partial charge in [0.2, 0.25) is 0 Å². The second-order valence-electron chi connectivity index (χ2n) is 5.52. The summed E-state index contributed by atoms with van der Waals surface area (Å²) in [5.41, 5.74) is 8.35. The van der Waals surface area contributed by atoms with Crippen LogP contribution < -0.4 is 5.73 Å². The highest BCUT2D eigenvalue weighted by Gasteiger charge is 2.23. The number of hydrogen-bond acceptors (Lipinski definition) is 3. The number of carbonyl (C=O) groups is 1. The van der Waals surface area contributed by atoms with Gasteiger partial charge in [-0.15, -0.1) is 0 Å². The molecular weight excluding hydrogens is 236 g/mol. The number of anilines is 1. The zero-order chi connectivity index (χ0) is 13.8. The molecule has 0 saturated carbocycles. The van der Waals surface area contributed by atoms with Crippen molar-refractivity contribution in [3.63, 3.8) is 0 Å². The van der Waals surface area contributed by atoms with E-state index in [-0.39, 0.29) is 5.78 Å². The third-order valence-corrected chi connectivity index (χ3v) is 4.17. The third kappa shape index (κ3) is 3.35. The smallest absolute Gasteiger partial charge is 0.176 e. The van der Waals surface area contributed by atoms with Crippen LogP contribution in [0.25, 0.3) is 0 Å². The van der Waals surface area contributed by atoms with E-state index in [4.69, 9.17) is 5.73 Å². The van der Waals surface area contributed by atoms with Crippen molar-refractivity contribution < 1.29 is 4.79 Å². The van der Waals surface area contributed by atoms with E-state index in [1.165, 1.54) is 19.3 Å². The van der Waals surface area contributed by atoms with Gasteiger partial charge in [0.15, 0.2) is 5.78 Å². The number of nitrogens with zero attached hydrogens (tertiary/aromatic N) is 1. The molecule has 0 aliphatic carbocycles. The van der Waals surface area contributed by atoms with E-state index in [0.717, 1.165) is 24.1 Å². The number of benzene rings is 1. The molecule has 1 aliphatic rings. The Labute approximate surface area is 115 Å². The van der Waals surface area contributed by atoms with Crippen LogP contribution in [-0.4, -0.2) is 29.8 Å². The second-order valence-corrected chi connectivity index (χ2v) is 5.52. The lowest BCUT2D eigenvalue weighted by Crippen LogP contribution is -2.42. The van der Waals surface area contributed by atoms with E-state index in [2.05, 4.69) is 11.8 Å². The Balaban J connectivity index is 2.05. The molecule has 104 valence electrons. The summed E-state index contributed by atoms with van der Waals surface area (Å²) in [6.45, 7) is 5.74. The van der Waals surface area contributed by atoms with Crippen molar-refractivity contribution in [2.75, 3.05) is 18.8 Å². The number of Topliss-reactive ketones (excluding diaryl/α,β-unsaturated/α-hetero) is 1. The maximum atomic E-state index is 12.3. The minimum absolute atomic E-state index is 0.187. The molecule has 19 heavy (non-hydrogen) atoms. The normalized spacial score (nSPS) is 20.4. The molecule has 1 atom stereocenters. The number of carbonyl (C=O) groups excluding carboxylic acids is 1. The molecule has 2 N–H and O–H groups in total. The van der Waals surface area contributed by atoms with E-state index in [9.17, 15) is 4.79 Å². The third-order valence-electron chi connectivity index (χ3n) is 4.17. The van der Waals surface area contributed by atoms with Crippen molar-refractivity contribution in [2.45, 2.75) is 45.6 Å². The predicted octanol–water partition coefficient (Wildman–Crippen LogP) is 3.02. The van der Waals surface area contributed by atoms with Crippen LogP contribution in [0.3, 0.4) is 0 Å². The molecule has 0 aromatic heterocycles. The van der Waals surface area contributed by atoms with Crippen molar-refractivity contribution in [1.82, 2.24) is 4.90 Å². The van der Waals surface area contributed by atoms with Gasteiger partial charge >= 0.3 is 0 Å². The van der Waals surface area contributed by atoms with Crippen molar-refractivity contribution in [2.24, 2.45) is 0 Å². The first kappa shape index (κ1) is 14.1. The topological polar surface area (TPSA) is 46.3 Å². The quantitative estimate of drug-likeness (QED) is 0.668. The SMILES string of the molecule is CCC1CCCCN1CC(=O)c1ccc(C)c(N)c1. The predicted molar refractivity (Wildman–Crippen MR) is 79.4 cm³/mol. The molecule has 0 amide bonds. The zero-order valence-electron chi connectivity index (χ0n) is 12.0. The number of nitrogens with two attached hydrogens (primary N) is 1. The largest absolute Gasteiger partial charge is 0.398 e. The molecule has 1 unspecified atom stereocenters. The van der Waals surface area contributed by atoms with Gasteiger partial charge in [0.25, 0.3) is 0 Å². The highest BCUT2D eigenvalue weighted by Crippen LogP contribution is 2.20. The Morgan fingerprint density at radius 2 is 2.21 bits per heavy atom. The Bertz CT molecular complexity index is 456. The Morgan fingerprint density at radius 1 is 1.42 bits per heavy atom. The molecule has 1 aromatic rings. The first-order valence-electron chi connectivity index (χ1n) is 7.25. The maximum absolute atomic E-state index is 12.3. The van der Waals surface area contributed by atoms with Crippen molar-refractivity contribution in [1.29, 1.82) is 0 Å². The molecule has 0 bridgehead atoms. The standard InChI is InChI=1S/C16H24N2O/c1-3-14-6-4-5-9-18(14)11-16(19)13-8-7-12(2)15(17)10-13/h7-8,10,14H,3-6,9,11,17H2,1-2H3. The van der Waals surface area contributed by atoms with E-state index in [0.29, 0.717) is 18.3 Å². The van der Waals surface area contributed by atoms with Gasteiger partial charge in [-0.25, -0.2) is 0 Å². The van der Waals surface area contributed by atoms with Crippen LogP contribution in [0.1, 0.15) is 48.5 Å². The van der Waals surface area contributed by atoms with Crippen LogP contribution in [0, 0.1) is 6.92 Å². The van der Waals surface area contributed by atoms with Gasteiger partial charge < -0.3 is 5.73 Å². The molecule has 0 spiro atoms. The first-order valence-corrected chi connectivity index (χ1v) is 7.25. The minimum atomic E-state index is 0.187. The van der Waals surface area contributed by atoms with Gasteiger partial charge in [0, 0.05) is 17.3 Å². The van der Waals surface area contributed by atoms with Crippen LogP contribution in [-0.2, 0) is 0 Å². The van der Waals surface area contributed by atoms with Crippen LogP contribution in [0.2, 0.25) is 0 Å². The first-order chi connectivity index (χ1) is 9.11. The molecule has 1 aliphatic heterocycles. The Hall–Kier alpha value is -1.35. The molecule has 3 nitrogen and oxygen atoms in total. The van der Waals surface area contributed by atoms with Gasteiger partial charge in [0.05, 0.1) is 6.54 Å². The summed E-state index contributed by atoms with van der Waals surface area (Å²) >= 11 is 0. The number of likely N-dealkylation sites (tertiary alicyclic amines) is 1. The van der Waals surface area contributed by atoms with Gasteiger partial charge in [0.1, 0.15) is 0 Å². The van der Waals surface area contributed by atoms with Gasteiger partial charge in [-0.3, -0.25) is 9.69 Å². The van der Waals surface area contributed by atoms with Crippen LogP contribution in [0.15, 0.2) is 18.2 Å². The van der Waals surface area contributed by atoms with E-state index in [1.54, 1.807) is 0 Å². The number of nitrogen functional groups attached to an aromatic ring is 1. The fraction of sp³-hybridized carbons (Fsp3) is 0.562. The molecule has 0 radical (unpaired) electrons. The number of hydrogen-bond donors (Lipinski definition) is 1. The molecule has 1 saturated heterocycles. The monoisotopic (exact) mass is 260 g/mol. The molecule has 1 heterocycles. The number of piperidine rings is 1. The van der Waals surface area contributed by atoms with Crippen LogP contribution in [0.5, 0.6) is 0 Å². The fourth-order valence-electron chi connectivity index (χ4n) is 2.82. The Kier molecular flexibility index (Phi) is 4.59. The van der Waals surface area contributed by atoms with Gasteiger partial charge in [-0.05, 0) is 44.4 Å². The second kappa shape index (κ2) is 6.20. The average Bonchev–Trinajstić information content (AvgIpc) is 2.42. The van der Waals surface area contributed by atoms with Crippen molar-refractivity contribution >= 4 is 11.5 Å². The molecular formula is C16H24N2O. The molecule has 1 aromatic carbocycles. The van der Waals surface area contributed by atoms with E-state index < -0.39 is 0 Å². The summed E-state index contributed by atoms with van der Waals surface area (Å²) in [7, 11) is 0. The number of ketones is 1. The number of aryl methyl sites for hydroxylation is 1. The molecule has 1 fully saturated rings. The summed E-state index contributed by atoms with van der Waals surface area (Å²) in [5.74, 6) is 0.187. The highest BCUT2D eigenvalue weighted by atomic mass is 16.1. The Morgan fingerprint density at radius 3 is 2.89 bits per heavy atom. The lowest BCUT2D eigenvalue weighted by molar-refractivity contribution is 0.0838. The summed E-state index contributed by atoms with van der Waals surface area (Å²) in [6, 6.07) is 6.19. The highest BCUT2D eigenvalue weighted by molar-refractivity contribution is 5.98. The van der Waals surface area contributed by atoms with Crippen molar-refractivity contribution in [3.05, 3.63) is 29.3 Å². The number of rotatable bonds is 4. The molecule has 2 rings (SSSR count). The lowest BCUT2D eigenvalue weighted by atomic mass is 9.98. The van der Waals surface area contributed by atoms with Crippen LogP contribution >= 0.6 is 0 Å². The van der Waals surface area contributed by atoms with Gasteiger partial charge in [-0.1, -0.05) is 25.5 Å². The fourth-order valence-corrected chi connectivity index (χ4v) is 2.82. The van der Waals surface area contributed by atoms with Gasteiger partial charge in [-0.2, -0.15) is 0 Å².